The van der Waals surface area contributed by atoms with Crippen molar-refractivity contribution < 1.29 is 59.5 Å². The maximum Gasteiger partial charge on any atom is 0.337 e. The molecule has 0 spiro atoms. The Morgan fingerprint density at radius 3 is 2.09 bits per heavy atom. The topological polar surface area (TPSA) is 196 Å². The lowest BCUT2D eigenvalue weighted by atomic mass is 9.76. The summed E-state index contributed by atoms with van der Waals surface area (Å²) in [5.41, 5.74) is 0.550. The standard InChI is InChI=1S/C22H34O12/c1-9-5-4-6-22(2,3)12(9)19(30)34-21-18(29)16(27)14(25)11(33-21)8-31-20-17(28)15(26)13(24)10(7-23)32-20/h4-5,10-11,13-18,20-21,23-29H,6-8H2,1-3H3/t10-,11-,13+,14+,15+,16+,17+,18-,20-,21-/m0/s1. The lowest BCUT2D eigenvalue weighted by molar-refractivity contribution is -0.326. The summed E-state index contributed by atoms with van der Waals surface area (Å²) in [6.45, 7) is 4.31. The highest BCUT2D eigenvalue weighted by Gasteiger charge is 2.48. The summed E-state index contributed by atoms with van der Waals surface area (Å²) < 4.78 is 21.5. The van der Waals surface area contributed by atoms with E-state index in [1.807, 2.05) is 19.9 Å². The molecule has 0 amide bonds. The number of carbonyl (C=O) groups is 1. The van der Waals surface area contributed by atoms with Gasteiger partial charge in [-0.3, -0.25) is 0 Å². The molecule has 2 saturated heterocycles. The molecular weight excluding hydrogens is 456 g/mol. The van der Waals surface area contributed by atoms with E-state index in [1.54, 1.807) is 13.0 Å². The summed E-state index contributed by atoms with van der Waals surface area (Å²) in [6.07, 6.45) is -11.4. The summed E-state index contributed by atoms with van der Waals surface area (Å²) in [5, 5.41) is 70.0. The lowest BCUT2D eigenvalue weighted by Crippen LogP contribution is -2.62. The van der Waals surface area contributed by atoms with Crippen molar-refractivity contribution in [3.63, 3.8) is 0 Å². The monoisotopic (exact) mass is 490 g/mol. The van der Waals surface area contributed by atoms with Crippen LogP contribution in [-0.2, 0) is 23.7 Å². The summed E-state index contributed by atoms with van der Waals surface area (Å²) >= 11 is 0. The zero-order valence-corrected chi connectivity index (χ0v) is 19.2. The number of carbonyl (C=O) groups excluding carboxylic acids is 1. The van der Waals surface area contributed by atoms with E-state index in [-0.39, 0.29) is 0 Å². The minimum absolute atomic E-state index is 0.389. The van der Waals surface area contributed by atoms with Gasteiger partial charge in [-0.2, -0.15) is 0 Å². The molecule has 2 heterocycles. The van der Waals surface area contributed by atoms with Crippen LogP contribution in [0.2, 0.25) is 0 Å². The van der Waals surface area contributed by atoms with Crippen molar-refractivity contribution in [3.05, 3.63) is 23.3 Å². The average molecular weight is 491 g/mol. The van der Waals surface area contributed by atoms with Crippen LogP contribution < -0.4 is 0 Å². The molecule has 3 rings (SSSR count). The Kier molecular flexibility index (Phi) is 8.51. The molecule has 0 bridgehead atoms. The quantitative estimate of drug-likeness (QED) is 0.193. The summed E-state index contributed by atoms with van der Waals surface area (Å²) in [4.78, 5) is 12.9. The Balaban J connectivity index is 1.68. The molecule has 0 saturated carbocycles. The van der Waals surface area contributed by atoms with Crippen LogP contribution in [0.5, 0.6) is 0 Å². The zero-order chi connectivity index (χ0) is 25.4. The van der Waals surface area contributed by atoms with Gasteiger partial charge in [0, 0.05) is 11.0 Å². The van der Waals surface area contributed by atoms with Crippen LogP contribution in [-0.4, -0.2) is 116 Å². The van der Waals surface area contributed by atoms with Crippen LogP contribution in [0.1, 0.15) is 27.2 Å². The molecule has 2 fully saturated rings. The first-order chi connectivity index (χ1) is 15.9. The van der Waals surface area contributed by atoms with Gasteiger partial charge in [-0.05, 0) is 18.9 Å². The SMILES string of the molecule is CC1=C(C(=O)O[C@@H]2O[C@@H](CO[C@H]3O[C@@H](CO)[C@@H](O)[C@@H](O)[C@H]3O)[C@@H](O)[C@@H](O)[C@@H]2O)C(C)(C)CC=C1. The number of hydrogen-bond donors (Lipinski definition) is 7. The molecule has 1 aliphatic carbocycles. The van der Waals surface area contributed by atoms with E-state index in [0.717, 1.165) is 0 Å². The van der Waals surface area contributed by atoms with Gasteiger partial charge in [0.2, 0.25) is 6.29 Å². The summed E-state index contributed by atoms with van der Waals surface area (Å²) in [6, 6.07) is 0. The fraction of sp³-hybridized carbons (Fsp3) is 0.773. The highest BCUT2D eigenvalue weighted by atomic mass is 16.7. The Labute approximate surface area is 196 Å². The molecule has 0 unspecified atom stereocenters. The molecule has 0 aromatic heterocycles. The number of hydrogen-bond acceptors (Lipinski definition) is 12. The minimum atomic E-state index is -1.75. The molecule has 0 aromatic rings. The van der Waals surface area contributed by atoms with Crippen LogP contribution in [0, 0.1) is 5.41 Å². The van der Waals surface area contributed by atoms with Crippen LogP contribution in [0.15, 0.2) is 23.3 Å². The molecule has 0 aromatic carbocycles. The molecule has 194 valence electrons. The molecule has 34 heavy (non-hydrogen) atoms. The highest BCUT2D eigenvalue weighted by Crippen LogP contribution is 2.38. The normalized spacial score (nSPS) is 42.5. The predicted octanol–water partition coefficient (Wildman–Crippen LogP) is -2.54. The van der Waals surface area contributed by atoms with Crippen LogP contribution in [0.25, 0.3) is 0 Å². The van der Waals surface area contributed by atoms with Crippen molar-refractivity contribution in [1.29, 1.82) is 0 Å². The first-order valence-electron chi connectivity index (χ1n) is 11.1. The fourth-order valence-electron chi connectivity index (χ4n) is 4.40. The number of aliphatic hydroxyl groups excluding tert-OH is 7. The van der Waals surface area contributed by atoms with Gasteiger partial charge in [0.25, 0.3) is 0 Å². The molecule has 0 radical (unpaired) electrons. The van der Waals surface area contributed by atoms with E-state index < -0.39 is 86.0 Å². The van der Waals surface area contributed by atoms with Gasteiger partial charge >= 0.3 is 5.97 Å². The number of esters is 1. The van der Waals surface area contributed by atoms with E-state index >= 15 is 0 Å². The zero-order valence-electron chi connectivity index (χ0n) is 19.2. The van der Waals surface area contributed by atoms with Gasteiger partial charge in [-0.1, -0.05) is 26.0 Å². The van der Waals surface area contributed by atoms with Crippen LogP contribution in [0.3, 0.4) is 0 Å². The van der Waals surface area contributed by atoms with Crippen LogP contribution >= 0.6 is 0 Å². The Morgan fingerprint density at radius 1 is 0.941 bits per heavy atom. The number of allylic oxidation sites excluding steroid dienone is 3. The first kappa shape index (κ1) is 27.1. The number of rotatable bonds is 6. The van der Waals surface area contributed by atoms with Crippen molar-refractivity contribution in [2.75, 3.05) is 13.2 Å². The summed E-state index contributed by atoms with van der Waals surface area (Å²) in [7, 11) is 0. The molecular formula is C22H34O12. The third kappa shape index (κ3) is 5.36. The van der Waals surface area contributed by atoms with Gasteiger partial charge in [0.05, 0.1) is 13.2 Å². The van der Waals surface area contributed by atoms with Gasteiger partial charge in [0.1, 0.15) is 48.8 Å². The second-order valence-corrected chi connectivity index (χ2v) is 9.50. The number of aliphatic hydroxyl groups is 7. The van der Waals surface area contributed by atoms with Gasteiger partial charge in [-0.25, -0.2) is 4.79 Å². The van der Waals surface area contributed by atoms with E-state index in [2.05, 4.69) is 0 Å². The minimum Gasteiger partial charge on any atom is -0.429 e. The van der Waals surface area contributed by atoms with E-state index in [1.165, 1.54) is 0 Å². The van der Waals surface area contributed by atoms with E-state index in [4.69, 9.17) is 18.9 Å². The van der Waals surface area contributed by atoms with Crippen LogP contribution in [0.4, 0.5) is 0 Å². The third-order valence-corrected chi connectivity index (χ3v) is 6.44. The Hall–Kier alpha value is -1.45. The van der Waals surface area contributed by atoms with E-state index in [9.17, 15) is 40.5 Å². The van der Waals surface area contributed by atoms with Crippen molar-refractivity contribution in [2.45, 2.75) is 88.6 Å². The van der Waals surface area contributed by atoms with E-state index in [0.29, 0.717) is 17.6 Å². The molecule has 2 aliphatic heterocycles. The number of ether oxygens (including phenoxy) is 4. The smallest absolute Gasteiger partial charge is 0.337 e. The first-order valence-corrected chi connectivity index (χ1v) is 11.1. The Bertz CT molecular complexity index is 793. The maximum absolute atomic E-state index is 12.9. The maximum atomic E-state index is 12.9. The lowest BCUT2D eigenvalue weighted by Gasteiger charge is -2.42. The van der Waals surface area contributed by atoms with Crippen molar-refractivity contribution in [1.82, 2.24) is 0 Å². The molecule has 7 N–H and O–H groups in total. The van der Waals surface area contributed by atoms with Gasteiger partial charge in [-0.15, -0.1) is 0 Å². The second kappa shape index (κ2) is 10.7. The van der Waals surface area contributed by atoms with Crippen molar-refractivity contribution in [2.24, 2.45) is 5.41 Å². The largest absolute Gasteiger partial charge is 0.429 e. The van der Waals surface area contributed by atoms with Gasteiger partial charge < -0.3 is 54.7 Å². The van der Waals surface area contributed by atoms with Crippen molar-refractivity contribution in [3.8, 4) is 0 Å². The average Bonchev–Trinajstić information content (AvgIpc) is 2.77. The third-order valence-electron chi connectivity index (χ3n) is 6.44. The van der Waals surface area contributed by atoms with Gasteiger partial charge in [0.15, 0.2) is 6.29 Å². The van der Waals surface area contributed by atoms with Crippen molar-refractivity contribution >= 4 is 5.97 Å². The second-order valence-electron chi connectivity index (χ2n) is 9.50. The summed E-state index contributed by atoms with van der Waals surface area (Å²) in [5.74, 6) is -0.743. The molecule has 12 nitrogen and oxygen atoms in total. The molecule has 12 heteroatoms. The Morgan fingerprint density at radius 2 is 1.50 bits per heavy atom. The fourth-order valence-corrected chi connectivity index (χ4v) is 4.40. The molecule has 3 aliphatic rings. The predicted molar refractivity (Wildman–Crippen MR) is 113 cm³/mol. The highest BCUT2D eigenvalue weighted by molar-refractivity contribution is 5.91. The molecule has 10 atom stereocenters.